The zero-order valence-electron chi connectivity index (χ0n) is 17.1. The Morgan fingerprint density at radius 2 is 1.74 bits per heavy atom. The Labute approximate surface area is 187 Å². The van der Waals surface area contributed by atoms with E-state index in [0.717, 1.165) is 40.9 Å². The predicted octanol–water partition coefficient (Wildman–Crippen LogP) is 6.61. The molecule has 2 aliphatic rings. The van der Waals surface area contributed by atoms with Crippen LogP contribution in [0.15, 0.2) is 72.3 Å². The van der Waals surface area contributed by atoms with Gasteiger partial charge in [-0.1, -0.05) is 29.8 Å². The van der Waals surface area contributed by atoms with Gasteiger partial charge in [0.2, 0.25) is 0 Å². The minimum absolute atomic E-state index is 0.0157. The number of Topliss-reactive ketones (excluding diaryl/α,β-unsaturated/α-hetero) is 1. The molecule has 0 saturated heterocycles. The third kappa shape index (κ3) is 3.98. The van der Waals surface area contributed by atoms with Crippen molar-refractivity contribution >= 4 is 23.0 Å². The van der Waals surface area contributed by atoms with E-state index in [1.807, 2.05) is 54.6 Å². The van der Waals surface area contributed by atoms with Gasteiger partial charge in [0, 0.05) is 22.6 Å². The van der Waals surface area contributed by atoms with Crippen LogP contribution >= 0.6 is 11.6 Å². The average molecular weight is 431 g/mol. The summed E-state index contributed by atoms with van der Waals surface area (Å²) in [6.07, 6.45) is 5.45. The number of hydrogen-bond acceptors (Lipinski definition) is 3. The van der Waals surface area contributed by atoms with E-state index in [9.17, 15) is 9.90 Å². The molecule has 0 spiro atoms. The first-order valence-corrected chi connectivity index (χ1v) is 11.1. The molecule has 1 saturated carbocycles. The van der Waals surface area contributed by atoms with Crippen LogP contribution in [0.5, 0.6) is 11.5 Å². The molecule has 3 nitrogen and oxygen atoms in total. The second kappa shape index (κ2) is 8.24. The van der Waals surface area contributed by atoms with Crippen molar-refractivity contribution in [3.8, 4) is 11.5 Å². The van der Waals surface area contributed by atoms with Gasteiger partial charge in [-0.15, -0.1) is 0 Å². The number of hydrogen-bond donors (Lipinski definition) is 1. The van der Waals surface area contributed by atoms with Crippen molar-refractivity contribution in [3.63, 3.8) is 0 Å². The van der Waals surface area contributed by atoms with E-state index in [2.05, 4.69) is 0 Å². The Hall–Kier alpha value is -3.04. The minimum atomic E-state index is -0.0157. The van der Waals surface area contributed by atoms with Crippen LogP contribution in [0.1, 0.15) is 52.7 Å². The Balaban J connectivity index is 1.51. The molecular weight excluding hydrogens is 408 g/mol. The highest BCUT2D eigenvalue weighted by Gasteiger charge is 2.28. The summed E-state index contributed by atoms with van der Waals surface area (Å²) in [5, 5.41) is 10.7. The fourth-order valence-electron chi connectivity index (χ4n) is 4.62. The molecular formula is C27H23ClO3. The Morgan fingerprint density at radius 3 is 2.48 bits per heavy atom. The number of ether oxygens (including phenoxy) is 1. The van der Waals surface area contributed by atoms with Gasteiger partial charge in [0.15, 0.2) is 5.78 Å². The smallest absolute Gasteiger partial charge is 0.189 e. The number of carbonyl (C=O) groups is 1. The zero-order chi connectivity index (χ0) is 21.4. The number of fused-ring (bicyclic) bond motifs is 1. The molecule has 3 aromatic rings. The first-order valence-electron chi connectivity index (χ1n) is 10.7. The molecule has 0 heterocycles. The largest absolute Gasteiger partial charge is 0.508 e. The second-order valence-corrected chi connectivity index (χ2v) is 8.70. The van der Waals surface area contributed by atoms with Gasteiger partial charge in [-0.3, -0.25) is 4.79 Å². The van der Waals surface area contributed by atoms with Gasteiger partial charge >= 0.3 is 0 Å². The lowest BCUT2D eigenvalue weighted by Crippen LogP contribution is -2.11. The molecule has 4 heteroatoms. The van der Waals surface area contributed by atoms with Gasteiger partial charge < -0.3 is 9.84 Å². The number of allylic oxidation sites excluding steroid dienone is 1. The topological polar surface area (TPSA) is 46.5 Å². The summed E-state index contributed by atoms with van der Waals surface area (Å²) in [4.78, 5) is 13.5. The van der Waals surface area contributed by atoms with Gasteiger partial charge in [-0.2, -0.15) is 0 Å². The molecule has 0 atom stereocenters. The molecule has 2 aliphatic carbocycles. The van der Waals surface area contributed by atoms with Gasteiger partial charge in [-0.05, 0) is 96.5 Å². The number of aromatic hydroxyl groups is 1. The molecule has 0 radical (unpaired) electrons. The highest BCUT2D eigenvalue weighted by atomic mass is 35.5. The molecule has 1 N–H and O–H groups in total. The number of halogens is 1. The van der Waals surface area contributed by atoms with E-state index < -0.39 is 0 Å². The fourth-order valence-corrected chi connectivity index (χ4v) is 4.81. The first kappa shape index (κ1) is 19.9. The molecule has 156 valence electrons. The van der Waals surface area contributed by atoms with Crippen LogP contribution in [0.4, 0.5) is 0 Å². The molecule has 31 heavy (non-hydrogen) atoms. The van der Waals surface area contributed by atoms with Crippen LogP contribution < -0.4 is 4.74 Å². The third-order valence-corrected chi connectivity index (χ3v) is 6.38. The monoisotopic (exact) mass is 430 g/mol. The standard InChI is InChI=1S/C27H23ClO3/c28-20-5-3-4-19(14-20)26-24-16-21(29)11-8-18(24)15-25(26)27(30)17-9-12-23(13-10-17)31-22-6-1-2-7-22/h3-5,8-14,16,22,29H,1-2,6-7,15H2. The number of benzene rings is 3. The van der Waals surface area contributed by atoms with Gasteiger partial charge in [0.05, 0.1) is 6.10 Å². The number of rotatable bonds is 5. The maximum Gasteiger partial charge on any atom is 0.189 e. The number of ketones is 1. The summed E-state index contributed by atoms with van der Waals surface area (Å²) in [5.74, 6) is 0.977. The van der Waals surface area contributed by atoms with Crippen molar-refractivity contribution < 1.29 is 14.6 Å². The third-order valence-electron chi connectivity index (χ3n) is 6.14. The normalized spacial score (nSPS) is 15.9. The molecule has 0 aliphatic heterocycles. The van der Waals surface area contributed by atoms with Crippen LogP contribution in [0, 0.1) is 0 Å². The van der Waals surface area contributed by atoms with E-state index in [-0.39, 0.29) is 17.6 Å². The van der Waals surface area contributed by atoms with Gasteiger partial charge in [0.25, 0.3) is 0 Å². The SMILES string of the molecule is O=C(C1=C(c2cccc(Cl)c2)c2cc(O)ccc2C1)c1ccc(OC2CCCC2)cc1. The van der Waals surface area contributed by atoms with Crippen LogP contribution in [-0.4, -0.2) is 17.0 Å². The molecule has 0 bridgehead atoms. The molecule has 5 rings (SSSR count). The maximum absolute atomic E-state index is 13.5. The van der Waals surface area contributed by atoms with E-state index in [1.165, 1.54) is 12.8 Å². The highest BCUT2D eigenvalue weighted by molar-refractivity contribution is 6.30. The maximum atomic E-state index is 13.5. The summed E-state index contributed by atoms with van der Waals surface area (Å²) < 4.78 is 6.04. The Bertz CT molecular complexity index is 1170. The van der Waals surface area contributed by atoms with Crippen LogP contribution in [0.25, 0.3) is 5.57 Å². The van der Waals surface area contributed by atoms with E-state index in [1.54, 1.807) is 12.1 Å². The number of phenols is 1. The van der Waals surface area contributed by atoms with E-state index in [4.69, 9.17) is 16.3 Å². The second-order valence-electron chi connectivity index (χ2n) is 8.26. The molecule has 0 amide bonds. The average Bonchev–Trinajstić information content (AvgIpc) is 3.41. The minimum Gasteiger partial charge on any atom is -0.508 e. The Morgan fingerprint density at radius 1 is 0.968 bits per heavy atom. The van der Waals surface area contributed by atoms with Gasteiger partial charge in [0.1, 0.15) is 11.5 Å². The number of carbonyl (C=O) groups excluding carboxylic acids is 1. The lowest BCUT2D eigenvalue weighted by molar-refractivity contribution is 0.103. The first-order chi connectivity index (χ1) is 15.1. The quantitative estimate of drug-likeness (QED) is 0.463. The molecule has 0 unspecified atom stereocenters. The lowest BCUT2D eigenvalue weighted by atomic mass is 9.94. The lowest BCUT2D eigenvalue weighted by Gasteiger charge is -2.13. The van der Waals surface area contributed by atoms with Crippen LogP contribution in [0.2, 0.25) is 5.02 Å². The molecule has 0 aromatic heterocycles. The summed E-state index contributed by atoms with van der Waals surface area (Å²) in [5.41, 5.74) is 4.97. The predicted molar refractivity (Wildman–Crippen MR) is 123 cm³/mol. The summed E-state index contributed by atoms with van der Waals surface area (Å²) >= 11 is 6.24. The summed E-state index contributed by atoms with van der Waals surface area (Å²) in [6, 6.07) is 20.2. The van der Waals surface area contributed by atoms with Crippen molar-refractivity contribution in [1.29, 1.82) is 0 Å². The Kier molecular flexibility index (Phi) is 5.29. The highest BCUT2D eigenvalue weighted by Crippen LogP contribution is 2.41. The van der Waals surface area contributed by atoms with Crippen molar-refractivity contribution in [2.24, 2.45) is 0 Å². The van der Waals surface area contributed by atoms with Crippen molar-refractivity contribution in [1.82, 2.24) is 0 Å². The van der Waals surface area contributed by atoms with Crippen LogP contribution in [-0.2, 0) is 6.42 Å². The van der Waals surface area contributed by atoms with Crippen molar-refractivity contribution in [3.05, 3.63) is 99.6 Å². The van der Waals surface area contributed by atoms with Gasteiger partial charge in [-0.25, -0.2) is 0 Å². The van der Waals surface area contributed by atoms with Crippen molar-refractivity contribution in [2.45, 2.75) is 38.2 Å². The molecule has 1 fully saturated rings. The van der Waals surface area contributed by atoms with Crippen LogP contribution in [0.3, 0.4) is 0 Å². The summed E-state index contributed by atoms with van der Waals surface area (Å²) in [7, 11) is 0. The van der Waals surface area contributed by atoms with E-state index in [0.29, 0.717) is 22.6 Å². The summed E-state index contributed by atoms with van der Waals surface area (Å²) in [6.45, 7) is 0. The van der Waals surface area contributed by atoms with E-state index >= 15 is 0 Å². The molecule has 3 aromatic carbocycles. The van der Waals surface area contributed by atoms with Crippen molar-refractivity contribution in [2.75, 3.05) is 0 Å². The fraction of sp³-hybridized carbons (Fsp3) is 0.222. The number of phenolic OH excluding ortho intramolecular Hbond substituents is 1. The zero-order valence-corrected chi connectivity index (χ0v) is 17.9.